The molecule has 3 aromatic carbocycles. The lowest BCUT2D eigenvalue weighted by molar-refractivity contribution is -0.141. The van der Waals surface area contributed by atoms with Crippen molar-refractivity contribution in [2.75, 3.05) is 24.2 Å². The SMILES string of the molecule is COc1ccc(N(CCCC(=O)N(Cc2c(Cl)cccc2Cl)[C@@H](Cc2ccccc2)C(=O)NC(C)C)S(C)(=O)=O)cc1Cl. The maximum Gasteiger partial charge on any atom is 0.243 e. The molecule has 0 radical (unpaired) electrons. The number of rotatable bonds is 14. The third-order valence-electron chi connectivity index (χ3n) is 6.67. The van der Waals surface area contributed by atoms with Crippen LogP contribution >= 0.6 is 34.8 Å². The Labute approximate surface area is 268 Å². The van der Waals surface area contributed by atoms with Crippen molar-refractivity contribution in [3.63, 3.8) is 0 Å². The minimum Gasteiger partial charge on any atom is -0.495 e. The van der Waals surface area contributed by atoms with E-state index in [0.717, 1.165) is 11.8 Å². The molecular formula is C31H36Cl3N3O5S. The smallest absolute Gasteiger partial charge is 0.243 e. The number of hydrogen-bond donors (Lipinski definition) is 1. The molecule has 12 heteroatoms. The van der Waals surface area contributed by atoms with Gasteiger partial charge < -0.3 is 15.0 Å². The lowest BCUT2D eigenvalue weighted by atomic mass is 10.0. The number of sulfonamides is 1. The summed E-state index contributed by atoms with van der Waals surface area (Å²) in [6.45, 7) is 3.69. The summed E-state index contributed by atoms with van der Waals surface area (Å²) < 4.78 is 31.8. The van der Waals surface area contributed by atoms with Gasteiger partial charge in [0.25, 0.3) is 0 Å². The molecule has 0 spiro atoms. The number of hydrogen-bond acceptors (Lipinski definition) is 5. The van der Waals surface area contributed by atoms with Crippen molar-refractivity contribution in [3.05, 3.63) is 92.9 Å². The number of benzene rings is 3. The zero-order valence-electron chi connectivity index (χ0n) is 24.5. The van der Waals surface area contributed by atoms with Crippen LogP contribution in [0, 0.1) is 0 Å². The van der Waals surface area contributed by atoms with Crippen LogP contribution in [0.25, 0.3) is 0 Å². The second kappa shape index (κ2) is 15.7. The molecule has 0 aliphatic carbocycles. The molecule has 1 N–H and O–H groups in total. The third kappa shape index (κ3) is 9.76. The Morgan fingerprint density at radius 2 is 1.58 bits per heavy atom. The van der Waals surface area contributed by atoms with Crippen molar-refractivity contribution in [2.45, 2.75) is 51.7 Å². The van der Waals surface area contributed by atoms with E-state index in [1.165, 1.54) is 22.4 Å². The number of ether oxygens (including phenoxy) is 1. The van der Waals surface area contributed by atoms with Crippen LogP contribution in [0.5, 0.6) is 5.75 Å². The van der Waals surface area contributed by atoms with Crippen molar-refractivity contribution >= 4 is 62.3 Å². The predicted octanol–water partition coefficient (Wildman–Crippen LogP) is 6.37. The van der Waals surface area contributed by atoms with Gasteiger partial charge >= 0.3 is 0 Å². The lowest BCUT2D eigenvalue weighted by Crippen LogP contribution is -2.52. The highest BCUT2D eigenvalue weighted by Gasteiger charge is 2.32. The van der Waals surface area contributed by atoms with Gasteiger partial charge in [-0.15, -0.1) is 0 Å². The molecule has 0 aromatic heterocycles. The Morgan fingerprint density at radius 3 is 2.14 bits per heavy atom. The molecule has 0 bridgehead atoms. The Kier molecular flexibility index (Phi) is 12.6. The van der Waals surface area contributed by atoms with Crippen molar-refractivity contribution in [3.8, 4) is 5.75 Å². The summed E-state index contributed by atoms with van der Waals surface area (Å²) >= 11 is 19.2. The number of amides is 2. The molecule has 3 rings (SSSR count). The molecule has 0 aliphatic heterocycles. The highest BCUT2D eigenvalue weighted by atomic mass is 35.5. The summed E-state index contributed by atoms with van der Waals surface area (Å²) in [5, 5.41) is 3.93. The quantitative estimate of drug-likeness (QED) is 0.216. The summed E-state index contributed by atoms with van der Waals surface area (Å²) in [7, 11) is -2.24. The Morgan fingerprint density at radius 1 is 0.930 bits per heavy atom. The summed E-state index contributed by atoms with van der Waals surface area (Å²) in [6.07, 6.45) is 1.47. The van der Waals surface area contributed by atoms with Gasteiger partial charge in [-0.25, -0.2) is 8.42 Å². The van der Waals surface area contributed by atoms with Gasteiger partial charge in [-0.2, -0.15) is 0 Å². The molecule has 3 aromatic rings. The minimum atomic E-state index is -3.71. The van der Waals surface area contributed by atoms with Crippen LogP contribution in [-0.2, 0) is 32.6 Å². The van der Waals surface area contributed by atoms with Crippen LogP contribution in [0.2, 0.25) is 15.1 Å². The zero-order chi connectivity index (χ0) is 31.7. The van der Waals surface area contributed by atoms with E-state index in [-0.39, 0.29) is 55.2 Å². The first kappa shape index (κ1) is 34.5. The van der Waals surface area contributed by atoms with Crippen LogP contribution in [-0.4, -0.2) is 57.1 Å². The second-order valence-corrected chi connectivity index (χ2v) is 13.5. The van der Waals surface area contributed by atoms with Crippen LogP contribution in [0.1, 0.15) is 37.8 Å². The van der Waals surface area contributed by atoms with Crippen LogP contribution in [0.3, 0.4) is 0 Å². The second-order valence-electron chi connectivity index (χ2n) is 10.3. The van der Waals surface area contributed by atoms with Crippen LogP contribution in [0.15, 0.2) is 66.7 Å². The molecule has 232 valence electrons. The van der Waals surface area contributed by atoms with Crippen molar-refractivity contribution in [1.82, 2.24) is 10.2 Å². The topological polar surface area (TPSA) is 96.0 Å². The van der Waals surface area contributed by atoms with E-state index >= 15 is 0 Å². The molecule has 0 saturated heterocycles. The number of nitrogens with one attached hydrogen (secondary N) is 1. The van der Waals surface area contributed by atoms with E-state index in [1.54, 1.807) is 30.3 Å². The van der Waals surface area contributed by atoms with Crippen molar-refractivity contribution in [1.29, 1.82) is 0 Å². The predicted molar refractivity (Wildman–Crippen MR) is 174 cm³/mol. The maximum absolute atomic E-state index is 14.0. The molecule has 0 unspecified atom stereocenters. The van der Waals surface area contributed by atoms with E-state index in [4.69, 9.17) is 39.5 Å². The molecule has 1 atom stereocenters. The van der Waals surface area contributed by atoms with Gasteiger partial charge in [0, 0.05) is 47.6 Å². The Hall–Kier alpha value is -2.98. The molecule has 0 aliphatic rings. The maximum atomic E-state index is 14.0. The first-order valence-corrected chi connectivity index (χ1v) is 16.7. The Bertz CT molecular complexity index is 1500. The first-order valence-electron chi connectivity index (χ1n) is 13.7. The van der Waals surface area contributed by atoms with Gasteiger partial charge in [-0.05, 0) is 56.2 Å². The molecule has 0 heterocycles. The van der Waals surface area contributed by atoms with E-state index in [0.29, 0.717) is 27.0 Å². The van der Waals surface area contributed by atoms with E-state index < -0.39 is 16.1 Å². The number of halogens is 3. The fraction of sp³-hybridized carbons (Fsp3) is 0.355. The summed E-state index contributed by atoms with van der Waals surface area (Å²) in [4.78, 5) is 29.0. The molecule has 0 saturated carbocycles. The van der Waals surface area contributed by atoms with E-state index in [9.17, 15) is 18.0 Å². The standard InChI is InChI=1S/C31H36Cl3N3O5S/c1-21(2)35-31(39)28(18-22-10-6-5-7-11-22)36(20-24-25(32)12-8-13-26(24)33)30(38)14-9-17-37(43(4,40)41)23-15-16-29(42-3)27(34)19-23/h5-8,10-13,15-16,19,21,28H,9,14,17-18,20H2,1-4H3,(H,35,39)/t28-/m0/s1. The van der Waals surface area contributed by atoms with Crippen LogP contribution < -0.4 is 14.4 Å². The summed E-state index contributed by atoms with van der Waals surface area (Å²) in [5.74, 6) is -0.259. The molecular weight excluding hydrogens is 633 g/mol. The van der Waals surface area contributed by atoms with Gasteiger partial charge in [-0.1, -0.05) is 71.2 Å². The molecule has 8 nitrogen and oxygen atoms in total. The third-order valence-corrected chi connectivity index (χ3v) is 8.87. The fourth-order valence-corrected chi connectivity index (χ4v) is 6.33. The number of carbonyl (C=O) groups is 2. The van der Waals surface area contributed by atoms with Gasteiger partial charge in [0.15, 0.2) is 0 Å². The highest BCUT2D eigenvalue weighted by Crippen LogP contribution is 2.31. The van der Waals surface area contributed by atoms with Crippen molar-refractivity contribution < 1.29 is 22.7 Å². The fourth-order valence-electron chi connectivity index (χ4n) is 4.60. The lowest BCUT2D eigenvalue weighted by Gasteiger charge is -2.33. The van der Waals surface area contributed by atoms with Crippen LogP contribution in [0.4, 0.5) is 5.69 Å². The normalized spacial score (nSPS) is 12.1. The van der Waals surface area contributed by atoms with E-state index in [1.807, 2.05) is 44.2 Å². The Balaban J connectivity index is 1.93. The monoisotopic (exact) mass is 667 g/mol. The number of carbonyl (C=O) groups excluding carboxylic acids is 2. The van der Waals surface area contributed by atoms with Crippen molar-refractivity contribution in [2.24, 2.45) is 0 Å². The van der Waals surface area contributed by atoms with Gasteiger partial charge in [-0.3, -0.25) is 13.9 Å². The van der Waals surface area contributed by atoms with E-state index in [2.05, 4.69) is 5.32 Å². The molecule has 0 fully saturated rings. The number of nitrogens with zero attached hydrogens (tertiary/aromatic N) is 2. The molecule has 43 heavy (non-hydrogen) atoms. The average molecular weight is 669 g/mol. The first-order chi connectivity index (χ1) is 20.3. The zero-order valence-corrected chi connectivity index (χ0v) is 27.6. The number of methoxy groups -OCH3 is 1. The summed E-state index contributed by atoms with van der Waals surface area (Å²) in [5.41, 5.74) is 1.73. The number of anilines is 1. The minimum absolute atomic E-state index is 0.00939. The highest BCUT2D eigenvalue weighted by molar-refractivity contribution is 7.92. The largest absolute Gasteiger partial charge is 0.495 e. The average Bonchev–Trinajstić information content (AvgIpc) is 2.93. The van der Waals surface area contributed by atoms with Gasteiger partial charge in [0.1, 0.15) is 11.8 Å². The van der Waals surface area contributed by atoms with Gasteiger partial charge in [0.2, 0.25) is 21.8 Å². The molecule has 2 amide bonds. The summed E-state index contributed by atoms with van der Waals surface area (Å²) in [6, 6.07) is 18.1. The van der Waals surface area contributed by atoms with Gasteiger partial charge in [0.05, 0.1) is 24.1 Å².